The number of aromatic nitrogens is 2. The predicted octanol–water partition coefficient (Wildman–Crippen LogP) is 3.37. The lowest BCUT2D eigenvalue weighted by Gasteiger charge is -2.11. The maximum Gasteiger partial charge on any atom is 0.451 e. The molecule has 2 aromatic rings. The van der Waals surface area contributed by atoms with Crippen LogP contribution in [0.4, 0.5) is 23.4 Å². The summed E-state index contributed by atoms with van der Waals surface area (Å²) in [7, 11) is 0. The molecule has 1 aromatic carbocycles. The summed E-state index contributed by atoms with van der Waals surface area (Å²) in [6.07, 6.45) is -4.78. The van der Waals surface area contributed by atoms with E-state index < -0.39 is 23.7 Å². The van der Waals surface area contributed by atoms with Crippen LogP contribution in [0.15, 0.2) is 24.3 Å². The van der Waals surface area contributed by atoms with Crippen molar-refractivity contribution in [3.63, 3.8) is 0 Å². The fourth-order valence-electron chi connectivity index (χ4n) is 1.35. The van der Waals surface area contributed by atoms with E-state index in [1.807, 2.05) is 5.43 Å². The Morgan fingerprint density at radius 2 is 1.90 bits per heavy atom. The van der Waals surface area contributed by atoms with Crippen molar-refractivity contribution >= 4 is 17.4 Å². The first-order chi connectivity index (χ1) is 9.79. The van der Waals surface area contributed by atoms with E-state index in [9.17, 15) is 17.6 Å². The molecule has 0 saturated heterocycles. The molecule has 5 nitrogen and oxygen atoms in total. The van der Waals surface area contributed by atoms with E-state index in [0.29, 0.717) is 0 Å². The largest absolute Gasteiger partial charge is 0.451 e. The first kappa shape index (κ1) is 15.3. The van der Waals surface area contributed by atoms with E-state index in [0.717, 1.165) is 24.3 Å². The summed E-state index contributed by atoms with van der Waals surface area (Å²) in [6.45, 7) is 0. The molecule has 112 valence electrons. The quantitative estimate of drug-likeness (QED) is 0.515. The topological polar surface area (TPSA) is 73.1 Å². The second-order valence-electron chi connectivity index (χ2n) is 3.73. The fraction of sp³-hybridized carbons (Fsp3) is 0.0909. The van der Waals surface area contributed by atoms with Crippen LogP contribution in [0.5, 0.6) is 11.6 Å². The van der Waals surface area contributed by atoms with Gasteiger partial charge >= 0.3 is 6.18 Å². The van der Waals surface area contributed by atoms with Gasteiger partial charge in [0.2, 0.25) is 11.7 Å². The zero-order chi connectivity index (χ0) is 15.6. The molecule has 0 amide bonds. The summed E-state index contributed by atoms with van der Waals surface area (Å²) in [5, 5.41) is -0.121. The molecule has 2 rings (SSSR count). The lowest BCUT2D eigenvalue weighted by molar-refractivity contribution is -0.145. The normalized spacial score (nSPS) is 11.3. The first-order valence-electron chi connectivity index (χ1n) is 5.35. The third-order valence-electron chi connectivity index (χ3n) is 2.21. The van der Waals surface area contributed by atoms with Crippen LogP contribution >= 0.6 is 11.6 Å². The second kappa shape index (κ2) is 5.70. The summed E-state index contributed by atoms with van der Waals surface area (Å²) in [5.41, 5.74) is 1.97. The minimum atomic E-state index is -4.78. The summed E-state index contributed by atoms with van der Waals surface area (Å²) >= 11 is 5.71. The molecule has 0 bridgehead atoms. The van der Waals surface area contributed by atoms with Crippen molar-refractivity contribution in [1.29, 1.82) is 0 Å². The van der Waals surface area contributed by atoms with Gasteiger partial charge in [-0.15, -0.1) is 0 Å². The predicted molar refractivity (Wildman–Crippen MR) is 66.3 cm³/mol. The van der Waals surface area contributed by atoms with Gasteiger partial charge in [-0.25, -0.2) is 15.2 Å². The molecule has 0 unspecified atom stereocenters. The maximum absolute atomic E-state index is 12.9. The van der Waals surface area contributed by atoms with E-state index in [2.05, 4.69) is 9.97 Å². The third kappa shape index (κ3) is 3.70. The molecule has 0 aliphatic carbocycles. The maximum atomic E-state index is 12.9. The summed E-state index contributed by atoms with van der Waals surface area (Å²) < 4.78 is 55.9. The molecule has 0 aliphatic rings. The number of hydrogen-bond acceptors (Lipinski definition) is 5. The Bertz CT molecular complexity index is 665. The highest BCUT2D eigenvalue weighted by Gasteiger charge is 2.35. The van der Waals surface area contributed by atoms with Crippen LogP contribution in [-0.2, 0) is 6.18 Å². The number of benzene rings is 1. The van der Waals surface area contributed by atoms with Crippen molar-refractivity contribution < 1.29 is 22.3 Å². The molecule has 0 atom stereocenters. The van der Waals surface area contributed by atoms with Gasteiger partial charge in [0.25, 0.3) is 0 Å². The highest BCUT2D eigenvalue weighted by molar-refractivity contribution is 6.32. The molecule has 10 heteroatoms. The van der Waals surface area contributed by atoms with Gasteiger partial charge in [0.05, 0.1) is 5.02 Å². The van der Waals surface area contributed by atoms with Gasteiger partial charge < -0.3 is 10.2 Å². The highest BCUT2D eigenvalue weighted by Crippen LogP contribution is 2.32. The van der Waals surface area contributed by atoms with Gasteiger partial charge in [-0.1, -0.05) is 11.6 Å². The van der Waals surface area contributed by atoms with Gasteiger partial charge in [-0.05, 0) is 18.2 Å². The number of rotatable bonds is 3. The molecular formula is C11H7ClF4N4O. The van der Waals surface area contributed by atoms with Crippen LogP contribution in [0.1, 0.15) is 5.82 Å². The number of hydrazine groups is 1. The lowest BCUT2D eigenvalue weighted by atomic mass is 10.3. The van der Waals surface area contributed by atoms with Crippen LogP contribution in [-0.4, -0.2) is 9.97 Å². The summed E-state index contributed by atoms with van der Waals surface area (Å²) in [5.74, 6) is 2.17. The number of ether oxygens (including phenoxy) is 1. The molecule has 21 heavy (non-hydrogen) atoms. The molecule has 0 spiro atoms. The van der Waals surface area contributed by atoms with Crippen molar-refractivity contribution in [2.45, 2.75) is 6.18 Å². The highest BCUT2D eigenvalue weighted by atomic mass is 35.5. The molecule has 0 saturated carbocycles. The van der Waals surface area contributed by atoms with E-state index in [1.165, 1.54) is 0 Å². The number of nitrogens with two attached hydrogens (primary N) is 1. The first-order valence-corrected chi connectivity index (χ1v) is 5.73. The Labute approximate surface area is 120 Å². The Hall–Kier alpha value is -2.13. The number of anilines is 1. The van der Waals surface area contributed by atoms with Crippen LogP contribution < -0.4 is 16.0 Å². The number of hydrogen-bond donors (Lipinski definition) is 2. The number of alkyl halides is 3. The average Bonchev–Trinajstić information content (AvgIpc) is 2.40. The molecule has 3 N–H and O–H groups in total. The minimum Gasteiger partial charge on any atom is -0.437 e. The molecule has 0 aliphatic heterocycles. The fourth-order valence-corrected chi connectivity index (χ4v) is 1.55. The van der Waals surface area contributed by atoms with Crippen molar-refractivity contribution in [2.75, 3.05) is 5.43 Å². The Morgan fingerprint density at radius 3 is 2.48 bits per heavy atom. The van der Waals surface area contributed by atoms with Gasteiger partial charge in [0.1, 0.15) is 17.4 Å². The molecule has 1 heterocycles. The number of halogens is 5. The molecular weight excluding hydrogens is 316 g/mol. The molecule has 0 radical (unpaired) electrons. The number of nitrogen functional groups attached to an aromatic ring is 1. The molecule has 0 fully saturated rings. The van der Waals surface area contributed by atoms with E-state index >= 15 is 0 Å². The zero-order valence-electron chi connectivity index (χ0n) is 10.1. The van der Waals surface area contributed by atoms with Crippen molar-refractivity contribution in [3.8, 4) is 11.6 Å². The number of nitrogens with zero attached hydrogens (tertiary/aromatic N) is 2. The second-order valence-corrected chi connectivity index (χ2v) is 4.14. The van der Waals surface area contributed by atoms with Gasteiger partial charge in [-0.2, -0.15) is 18.2 Å². The van der Waals surface area contributed by atoms with Gasteiger partial charge in [-0.3, -0.25) is 0 Å². The smallest absolute Gasteiger partial charge is 0.437 e. The third-order valence-corrected chi connectivity index (χ3v) is 2.51. The lowest BCUT2D eigenvalue weighted by Crippen LogP contribution is -2.16. The summed E-state index contributed by atoms with van der Waals surface area (Å²) in [6, 6.07) is 4.18. The van der Waals surface area contributed by atoms with Crippen molar-refractivity contribution in [2.24, 2.45) is 5.84 Å². The van der Waals surface area contributed by atoms with Crippen molar-refractivity contribution in [1.82, 2.24) is 9.97 Å². The Morgan fingerprint density at radius 1 is 1.19 bits per heavy atom. The van der Waals surface area contributed by atoms with Crippen LogP contribution in [0.2, 0.25) is 5.02 Å². The van der Waals surface area contributed by atoms with Gasteiger partial charge in [0.15, 0.2) is 0 Å². The summed E-state index contributed by atoms with van der Waals surface area (Å²) in [4.78, 5) is 6.36. The molecule has 1 aromatic heterocycles. The van der Waals surface area contributed by atoms with E-state index in [4.69, 9.17) is 22.2 Å². The Kier molecular flexibility index (Phi) is 4.14. The standard InChI is InChI=1S/C11H7ClF4N4O/c12-6-3-5(13)1-2-7(6)21-9-4-8(20-17)18-10(19-9)11(14,15)16/h1-4H,17H2,(H,18,19,20). The SMILES string of the molecule is NNc1cc(Oc2ccc(F)cc2Cl)nc(C(F)(F)F)n1. The van der Waals surface area contributed by atoms with Crippen molar-refractivity contribution in [3.05, 3.63) is 40.9 Å². The minimum absolute atomic E-state index is 0.0622. The van der Waals surface area contributed by atoms with Gasteiger partial charge in [0, 0.05) is 6.07 Å². The monoisotopic (exact) mass is 322 g/mol. The average molecular weight is 323 g/mol. The Balaban J connectivity index is 2.39. The number of nitrogens with one attached hydrogen (secondary N) is 1. The van der Waals surface area contributed by atoms with Crippen LogP contribution in [0.25, 0.3) is 0 Å². The zero-order valence-corrected chi connectivity index (χ0v) is 10.8. The van der Waals surface area contributed by atoms with E-state index in [1.54, 1.807) is 0 Å². The van der Waals surface area contributed by atoms with Crippen LogP contribution in [0.3, 0.4) is 0 Å². The van der Waals surface area contributed by atoms with Crippen LogP contribution in [0, 0.1) is 5.82 Å². The van der Waals surface area contributed by atoms with E-state index in [-0.39, 0.29) is 16.6 Å².